The highest BCUT2D eigenvalue weighted by Crippen LogP contribution is 2.20. The highest BCUT2D eigenvalue weighted by molar-refractivity contribution is 6.30. The van der Waals surface area contributed by atoms with Gasteiger partial charge in [0.25, 0.3) is 0 Å². The van der Waals surface area contributed by atoms with Gasteiger partial charge in [-0.1, -0.05) is 23.7 Å². The van der Waals surface area contributed by atoms with Gasteiger partial charge in [-0.05, 0) is 76.7 Å². The van der Waals surface area contributed by atoms with Crippen molar-refractivity contribution in [3.8, 4) is 5.69 Å². The summed E-state index contributed by atoms with van der Waals surface area (Å²) in [5.74, 6) is 4.11. The van der Waals surface area contributed by atoms with Crippen LogP contribution in [0.2, 0.25) is 5.02 Å². The first-order chi connectivity index (χ1) is 19.9. The Hall–Kier alpha value is -5.43. The van der Waals surface area contributed by atoms with Crippen molar-refractivity contribution in [2.75, 3.05) is 5.32 Å². The fraction of sp³-hybridized carbons (Fsp3) is 0.0741. The number of carbonyl (C=O) groups excluding carboxylic acids is 2. The Balaban J connectivity index is 1.52. The van der Waals surface area contributed by atoms with Gasteiger partial charge in [0, 0.05) is 41.1 Å². The molecule has 14 heteroatoms. The SMILES string of the molecule is C=NNC(=NN)c1ccc(NC(=O)[C@H](Cc2cccc(F)c2)NC(=O)/C=C/c2cc(Cl)ccc2-n2cnnn2)cc1. The van der Waals surface area contributed by atoms with Gasteiger partial charge in [-0.3, -0.25) is 15.0 Å². The lowest BCUT2D eigenvalue weighted by Gasteiger charge is -2.18. The van der Waals surface area contributed by atoms with E-state index in [2.05, 4.69) is 48.5 Å². The van der Waals surface area contributed by atoms with Crippen molar-refractivity contribution < 1.29 is 14.0 Å². The maximum absolute atomic E-state index is 13.9. The van der Waals surface area contributed by atoms with Crippen LogP contribution in [0.3, 0.4) is 0 Å². The first-order valence-electron chi connectivity index (χ1n) is 12.0. The van der Waals surface area contributed by atoms with Crippen LogP contribution in [-0.4, -0.2) is 50.6 Å². The van der Waals surface area contributed by atoms with Crippen LogP contribution in [0, 0.1) is 5.82 Å². The summed E-state index contributed by atoms with van der Waals surface area (Å²) in [6.45, 7) is 3.33. The van der Waals surface area contributed by atoms with Crippen molar-refractivity contribution in [2.24, 2.45) is 16.0 Å². The number of hydrogen-bond donors (Lipinski definition) is 4. The number of hydrogen-bond acceptors (Lipinski definition) is 8. The molecule has 0 aliphatic heterocycles. The van der Waals surface area contributed by atoms with Crippen LogP contribution in [0.15, 0.2) is 89.3 Å². The molecule has 4 aromatic rings. The Bertz CT molecular complexity index is 1590. The molecule has 12 nitrogen and oxygen atoms in total. The second-order valence-electron chi connectivity index (χ2n) is 8.50. The van der Waals surface area contributed by atoms with Crippen LogP contribution in [0.5, 0.6) is 0 Å². The normalized spacial score (nSPS) is 12.1. The number of hydrazone groups is 2. The zero-order valence-corrected chi connectivity index (χ0v) is 22.2. The van der Waals surface area contributed by atoms with E-state index in [0.29, 0.717) is 33.1 Å². The van der Waals surface area contributed by atoms with E-state index in [1.165, 1.54) is 41.4 Å². The predicted molar refractivity (Wildman–Crippen MR) is 154 cm³/mol. The molecule has 1 atom stereocenters. The number of halogens is 2. The van der Waals surface area contributed by atoms with E-state index < -0.39 is 23.7 Å². The topological polar surface area (TPSA) is 165 Å². The summed E-state index contributed by atoms with van der Waals surface area (Å²) in [7, 11) is 0. The molecule has 0 radical (unpaired) electrons. The zero-order chi connectivity index (χ0) is 29.2. The van der Waals surface area contributed by atoms with E-state index in [9.17, 15) is 14.0 Å². The first kappa shape index (κ1) is 28.6. The third-order valence-electron chi connectivity index (χ3n) is 5.70. The summed E-state index contributed by atoms with van der Waals surface area (Å²) in [6, 6.07) is 16.3. The molecule has 4 rings (SSSR count). The van der Waals surface area contributed by atoms with E-state index in [1.807, 2.05) is 0 Å². The van der Waals surface area contributed by atoms with E-state index in [-0.39, 0.29) is 12.3 Å². The molecule has 2 amide bonds. The number of aromatic nitrogens is 4. The fourth-order valence-electron chi connectivity index (χ4n) is 3.82. The number of carbonyl (C=O) groups is 2. The van der Waals surface area contributed by atoms with Gasteiger partial charge < -0.3 is 16.5 Å². The molecule has 5 N–H and O–H groups in total. The zero-order valence-electron chi connectivity index (χ0n) is 21.4. The molecule has 0 fully saturated rings. The molecule has 208 valence electrons. The van der Waals surface area contributed by atoms with Crippen molar-refractivity contribution >= 4 is 47.7 Å². The Kier molecular flexibility index (Phi) is 9.46. The maximum Gasteiger partial charge on any atom is 0.247 e. The lowest BCUT2D eigenvalue weighted by molar-refractivity contribution is -0.123. The van der Waals surface area contributed by atoms with Gasteiger partial charge in [-0.25, -0.2) is 4.39 Å². The van der Waals surface area contributed by atoms with Gasteiger partial charge in [0.15, 0.2) is 5.84 Å². The summed E-state index contributed by atoms with van der Waals surface area (Å²) in [4.78, 5) is 26.2. The Labute approximate surface area is 238 Å². The number of tetrazole rings is 1. The lowest BCUT2D eigenvalue weighted by Crippen LogP contribution is -2.44. The third-order valence-corrected chi connectivity index (χ3v) is 5.94. The molecule has 0 unspecified atom stereocenters. The molecule has 3 aromatic carbocycles. The number of amides is 2. The molecular weight excluding hydrogens is 551 g/mol. The van der Waals surface area contributed by atoms with Gasteiger partial charge in [0.2, 0.25) is 11.8 Å². The molecule has 1 heterocycles. The quantitative estimate of drug-likeness (QED) is 0.0743. The minimum atomic E-state index is -1.04. The van der Waals surface area contributed by atoms with Crippen LogP contribution in [0.1, 0.15) is 16.7 Å². The van der Waals surface area contributed by atoms with Crippen molar-refractivity contribution in [2.45, 2.75) is 12.5 Å². The number of nitrogens with two attached hydrogens (primary N) is 1. The van der Waals surface area contributed by atoms with Crippen LogP contribution in [0.25, 0.3) is 11.8 Å². The number of amidine groups is 1. The highest BCUT2D eigenvalue weighted by atomic mass is 35.5. The lowest BCUT2D eigenvalue weighted by atomic mass is 10.0. The van der Waals surface area contributed by atoms with Crippen molar-refractivity contribution in [3.05, 3.63) is 107 Å². The molecular formula is C27H24ClFN10O2. The van der Waals surface area contributed by atoms with Gasteiger partial charge >= 0.3 is 0 Å². The average Bonchev–Trinajstić information content (AvgIpc) is 3.50. The van der Waals surface area contributed by atoms with Crippen molar-refractivity contribution in [3.63, 3.8) is 0 Å². The number of rotatable bonds is 10. The Morgan fingerprint density at radius 3 is 2.63 bits per heavy atom. The average molecular weight is 575 g/mol. The third kappa shape index (κ3) is 7.80. The number of nitrogens with zero attached hydrogens (tertiary/aromatic N) is 6. The second kappa shape index (κ2) is 13.6. The van der Waals surface area contributed by atoms with Crippen LogP contribution >= 0.6 is 11.6 Å². The van der Waals surface area contributed by atoms with Gasteiger partial charge in [-0.15, -0.1) is 5.10 Å². The standard InChI is InChI=1S/C27H24ClFN10O2/c1-31-36-26(35-30)18-5-9-22(10-6-18)33-27(41)23(14-17-3-2-4-21(29)13-17)34-25(40)12-7-19-15-20(28)8-11-24(19)39-16-32-37-38-39/h2-13,15-16,23H,1,14,30H2,(H,33,41)(H,34,40)(H,35,36)/b12-7+/t23-/m0/s1. The molecule has 41 heavy (non-hydrogen) atoms. The fourth-order valence-corrected chi connectivity index (χ4v) is 4.00. The molecule has 1 aromatic heterocycles. The van der Waals surface area contributed by atoms with Crippen LogP contribution in [0.4, 0.5) is 10.1 Å². The largest absolute Gasteiger partial charge is 0.340 e. The summed E-state index contributed by atoms with van der Waals surface area (Å²) >= 11 is 6.15. The van der Waals surface area contributed by atoms with Crippen LogP contribution in [-0.2, 0) is 16.0 Å². The summed E-state index contributed by atoms with van der Waals surface area (Å²) in [6.07, 6.45) is 4.22. The van der Waals surface area contributed by atoms with Gasteiger partial charge in [0.05, 0.1) is 5.69 Å². The minimum absolute atomic E-state index is 0.0349. The molecule has 0 saturated heterocycles. The van der Waals surface area contributed by atoms with Gasteiger partial charge in [0.1, 0.15) is 18.2 Å². The summed E-state index contributed by atoms with van der Waals surface area (Å²) in [5.41, 5.74) is 5.29. The van der Waals surface area contributed by atoms with Crippen molar-refractivity contribution in [1.29, 1.82) is 0 Å². The number of nitrogens with one attached hydrogen (secondary N) is 3. The number of anilines is 1. The summed E-state index contributed by atoms with van der Waals surface area (Å²) < 4.78 is 15.3. The maximum atomic E-state index is 13.9. The van der Waals surface area contributed by atoms with E-state index >= 15 is 0 Å². The minimum Gasteiger partial charge on any atom is -0.340 e. The van der Waals surface area contributed by atoms with E-state index in [4.69, 9.17) is 17.4 Å². The van der Waals surface area contributed by atoms with Crippen molar-refractivity contribution in [1.82, 2.24) is 30.9 Å². The number of benzene rings is 3. The summed E-state index contributed by atoms with van der Waals surface area (Å²) in [5, 5.41) is 24.2. The molecule has 0 spiro atoms. The van der Waals surface area contributed by atoms with E-state index in [1.54, 1.807) is 48.5 Å². The Morgan fingerprint density at radius 2 is 1.95 bits per heavy atom. The molecule has 0 bridgehead atoms. The molecule has 0 aliphatic rings. The molecule has 0 aliphatic carbocycles. The van der Waals surface area contributed by atoms with Crippen LogP contribution < -0.4 is 21.9 Å². The first-order valence-corrected chi connectivity index (χ1v) is 12.4. The highest BCUT2D eigenvalue weighted by Gasteiger charge is 2.21. The smallest absolute Gasteiger partial charge is 0.247 e. The monoisotopic (exact) mass is 574 g/mol. The molecule has 0 saturated carbocycles. The van der Waals surface area contributed by atoms with E-state index in [0.717, 1.165) is 0 Å². The van der Waals surface area contributed by atoms with Gasteiger partial charge in [-0.2, -0.15) is 14.9 Å². The predicted octanol–water partition coefficient (Wildman–Crippen LogP) is 2.66. The Morgan fingerprint density at radius 1 is 1.15 bits per heavy atom. The second-order valence-corrected chi connectivity index (χ2v) is 8.94.